The van der Waals surface area contributed by atoms with Gasteiger partial charge in [0.15, 0.2) is 5.82 Å². The molecule has 1 fully saturated rings. The second kappa shape index (κ2) is 4.52. The van der Waals surface area contributed by atoms with Crippen molar-refractivity contribution < 1.29 is 4.79 Å². The first-order valence-corrected chi connectivity index (χ1v) is 6.59. The first kappa shape index (κ1) is 12.2. The number of rotatable bonds is 2. The van der Waals surface area contributed by atoms with Gasteiger partial charge in [-0.05, 0) is 37.2 Å². The number of hydrogen-bond acceptors (Lipinski definition) is 5. The molecule has 1 saturated heterocycles. The normalized spacial score (nSPS) is 24.9. The minimum absolute atomic E-state index is 0.253. The lowest BCUT2D eigenvalue weighted by atomic mass is 9.93. The molecule has 1 aromatic rings. The molecule has 0 aromatic carbocycles. The fourth-order valence-corrected chi connectivity index (χ4v) is 3.38. The maximum Gasteiger partial charge on any atom is 0.255 e. The molecular weight excluding hydrogens is 236 g/mol. The Bertz CT molecular complexity index is 431. The molecule has 6 heteroatoms. The van der Waals surface area contributed by atoms with Crippen LogP contribution in [-0.4, -0.2) is 22.9 Å². The summed E-state index contributed by atoms with van der Waals surface area (Å²) in [7, 11) is 0. The highest BCUT2D eigenvalue weighted by Crippen LogP contribution is 2.35. The van der Waals surface area contributed by atoms with Crippen molar-refractivity contribution in [1.29, 1.82) is 0 Å². The Morgan fingerprint density at radius 2 is 2.24 bits per heavy atom. The predicted octanol–water partition coefficient (Wildman–Crippen LogP) is 1.45. The number of piperidine rings is 1. The van der Waals surface area contributed by atoms with Crippen LogP contribution in [0, 0.1) is 5.92 Å². The number of primary amides is 1. The number of carbonyl (C=O) groups is 1. The van der Waals surface area contributed by atoms with Crippen LogP contribution in [0.4, 0.5) is 10.8 Å². The van der Waals surface area contributed by atoms with Crippen molar-refractivity contribution in [2.75, 3.05) is 17.2 Å². The second-order valence-corrected chi connectivity index (χ2v) is 5.54. The van der Waals surface area contributed by atoms with Gasteiger partial charge in [-0.1, -0.05) is 6.92 Å². The van der Waals surface area contributed by atoms with Gasteiger partial charge in [-0.2, -0.15) is 4.37 Å². The highest BCUT2D eigenvalue weighted by molar-refractivity contribution is 7.11. The summed E-state index contributed by atoms with van der Waals surface area (Å²) in [4.78, 5) is 13.6. The number of anilines is 2. The van der Waals surface area contributed by atoms with Crippen LogP contribution in [0.3, 0.4) is 0 Å². The van der Waals surface area contributed by atoms with Crippen molar-refractivity contribution in [3.8, 4) is 0 Å². The Labute approximate surface area is 105 Å². The number of nitrogen functional groups attached to an aromatic ring is 1. The van der Waals surface area contributed by atoms with Crippen LogP contribution in [-0.2, 0) is 0 Å². The fraction of sp³-hybridized carbons (Fsp3) is 0.636. The van der Waals surface area contributed by atoms with Gasteiger partial charge in [0.1, 0.15) is 10.6 Å². The van der Waals surface area contributed by atoms with Crippen LogP contribution in [0.5, 0.6) is 0 Å². The van der Waals surface area contributed by atoms with Crippen molar-refractivity contribution in [2.24, 2.45) is 11.7 Å². The van der Waals surface area contributed by atoms with Gasteiger partial charge < -0.3 is 16.4 Å². The van der Waals surface area contributed by atoms with E-state index in [9.17, 15) is 4.79 Å². The van der Waals surface area contributed by atoms with E-state index in [0.29, 0.717) is 11.6 Å². The van der Waals surface area contributed by atoms with Crippen LogP contribution in [0.1, 0.15) is 37.0 Å². The van der Waals surface area contributed by atoms with Crippen molar-refractivity contribution >= 4 is 28.3 Å². The zero-order valence-corrected chi connectivity index (χ0v) is 11.0. The molecule has 94 valence electrons. The third-order valence-electron chi connectivity index (χ3n) is 3.35. The average Bonchev–Trinajstić information content (AvgIpc) is 2.60. The molecule has 1 aliphatic rings. The standard InChI is InChI=1S/C11H18N4OS/c1-6-3-4-15(7(2)5-6)11-8(10(13)16)9(12)14-17-11/h6-7H,3-5H2,1-2H3,(H2,12,14)(H2,13,16). The van der Waals surface area contributed by atoms with Gasteiger partial charge in [0.25, 0.3) is 5.91 Å². The fourth-order valence-electron chi connectivity index (χ4n) is 2.43. The molecule has 0 bridgehead atoms. The first-order chi connectivity index (χ1) is 8.00. The SMILES string of the molecule is CC1CCN(c2snc(N)c2C(N)=O)C(C)C1. The Morgan fingerprint density at radius 1 is 1.53 bits per heavy atom. The molecule has 1 aromatic heterocycles. The molecule has 0 aliphatic carbocycles. The Hall–Kier alpha value is -1.30. The molecule has 2 unspecified atom stereocenters. The van der Waals surface area contributed by atoms with Gasteiger partial charge >= 0.3 is 0 Å². The van der Waals surface area contributed by atoms with Crippen LogP contribution in [0.2, 0.25) is 0 Å². The molecular formula is C11H18N4OS. The van der Waals surface area contributed by atoms with E-state index in [0.717, 1.165) is 30.3 Å². The monoisotopic (exact) mass is 254 g/mol. The van der Waals surface area contributed by atoms with E-state index in [1.54, 1.807) is 0 Å². The number of nitrogens with zero attached hydrogens (tertiary/aromatic N) is 2. The lowest BCUT2D eigenvalue weighted by Gasteiger charge is -2.37. The van der Waals surface area contributed by atoms with Crippen LogP contribution < -0.4 is 16.4 Å². The van der Waals surface area contributed by atoms with Crippen molar-refractivity contribution in [3.63, 3.8) is 0 Å². The molecule has 2 rings (SSSR count). The number of aromatic nitrogens is 1. The highest BCUT2D eigenvalue weighted by Gasteiger charge is 2.28. The highest BCUT2D eigenvalue weighted by atomic mass is 32.1. The molecule has 1 amide bonds. The molecule has 0 radical (unpaired) electrons. The van der Waals surface area contributed by atoms with E-state index < -0.39 is 5.91 Å². The summed E-state index contributed by atoms with van der Waals surface area (Å²) in [6.45, 7) is 5.35. The summed E-state index contributed by atoms with van der Waals surface area (Å²) >= 11 is 1.27. The minimum atomic E-state index is -0.489. The van der Waals surface area contributed by atoms with E-state index in [1.807, 2.05) is 0 Å². The minimum Gasteiger partial charge on any atom is -0.382 e. The number of nitrogens with two attached hydrogens (primary N) is 2. The topological polar surface area (TPSA) is 85.2 Å². The van der Waals surface area contributed by atoms with Crippen molar-refractivity contribution in [2.45, 2.75) is 32.7 Å². The van der Waals surface area contributed by atoms with Crippen LogP contribution in [0.15, 0.2) is 0 Å². The molecule has 2 heterocycles. The summed E-state index contributed by atoms with van der Waals surface area (Å²) in [5.41, 5.74) is 11.4. The second-order valence-electron chi connectivity index (χ2n) is 4.78. The predicted molar refractivity (Wildman–Crippen MR) is 70.3 cm³/mol. The van der Waals surface area contributed by atoms with Gasteiger partial charge in [-0.25, -0.2) is 0 Å². The smallest absolute Gasteiger partial charge is 0.255 e. The summed E-state index contributed by atoms with van der Waals surface area (Å²) in [5, 5.41) is 0.828. The Morgan fingerprint density at radius 3 is 2.82 bits per heavy atom. The van der Waals surface area contributed by atoms with Gasteiger partial charge in [0.05, 0.1) is 0 Å². The van der Waals surface area contributed by atoms with E-state index in [2.05, 4.69) is 23.1 Å². The number of hydrogen-bond donors (Lipinski definition) is 2. The molecule has 1 aliphatic heterocycles. The third kappa shape index (κ3) is 2.22. The largest absolute Gasteiger partial charge is 0.382 e. The van der Waals surface area contributed by atoms with E-state index in [1.165, 1.54) is 11.5 Å². The number of amides is 1. The van der Waals surface area contributed by atoms with Gasteiger partial charge in [-0.15, -0.1) is 0 Å². The maximum absolute atomic E-state index is 11.4. The molecule has 5 nitrogen and oxygen atoms in total. The maximum atomic E-state index is 11.4. The van der Waals surface area contributed by atoms with E-state index in [-0.39, 0.29) is 5.82 Å². The van der Waals surface area contributed by atoms with Gasteiger partial charge in [0, 0.05) is 12.6 Å². The van der Waals surface area contributed by atoms with Crippen molar-refractivity contribution in [3.05, 3.63) is 5.56 Å². The van der Waals surface area contributed by atoms with Crippen LogP contribution in [0.25, 0.3) is 0 Å². The summed E-state index contributed by atoms with van der Waals surface area (Å²) < 4.78 is 4.04. The first-order valence-electron chi connectivity index (χ1n) is 5.82. The zero-order valence-electron chi connectivity index (χ0n) is 10.1. The Balaban J connectivity index is 2.31. The molecule has 2 atom stereocenters. The van der Waals surface area contributed by atoms with Crippen LogP contribution >= 0.6 is 11.5 Å². The lowest BCUT2D eigenvalue weighted by molar-refractivity contribution is 0.100. The quantitative estimate of drug-likeness (QED) is 0.836. The summed E-state index contributed by atoms with van der Waals surface area (Å²) in [5.74, 6) is 0.490. The molecule has 17 heavy (non-hydrogen) atoms. The summed E-state index contributed by atoms with van der Waals surface area (Å²) in [6.07, 6.45) is 2.25. The summed E-state index contributed by atoms with van der Waals surface area (Å²) in [6, 6.07) is 0.400. The third-order valence-corrected chi connectivity index (χ3v) is 4.25. The molecule has 0 spiro atoms. The van der Waals surface area contributed by atoms with Gasteiger partial charge in [-0.3, -0.25) is 4.79 Å². The van der Waals surface area contributed by atoms with E-state index >= 15 is 0 Å². The molecule has 0 saturated carbocycles. The zero-order chi connectivity index (χ0) is 12.6. The lowest BCUT2D eigenvalue weighted by Crippen LogP contribution is -2.40. The van der Waals surface area contributed by atoms with Crippen molar-refractivity contribution in [1.82, 2.24) is 4.37 Å². The molecule has 4 N–H and O–H groups in total. The Kier molecular flexibility index (Phi) is 3.24. The number of carbonyl (C=O) groups excluding carboxylic acids is 1. The average molecular weight is 254 g/mol. The van der Waals surface area contributed by atoms with E-state index in [4.69, 9.17) is 11.5 Å². The van der Waals surface area contributed by atoms with Gasteiger partial charge in [0.2, 0.25) is 0 Å².